The minimum atomic E-state index is 0.364. The summed E-state index contributed by atoms with van der Waals surface area (Å²) >= 11 is 5.89. The number of rotatable bonds is 4. The lowest BCUT2D eigenvalue weighted by molar-refractivity contribution is 0.294. The predicted molar refractivity (Wildman–Crippen MR) is 68.4 cm³/mol. The molecule has 4 nitrogen and oxygen atoms in total. The van der Waals surface area contributed by atoms with Gasteiger partial charge in [-0.3, -0.25) is 0 Å². The first-order valence-corrected chi connectivity index (χ1v) is 5.94. The summed E-state index contributed by atoms with van der Waals surface area (Å²) in [6, 6.07) is 7.04. The predicted octanol–water partition coefficient (Wildman–Crippen LogP) is 3.01. The highest BCUT2D eigenvalue weighted by Crippen LogP contribution is 2.23. The number of hydrogen-bond acceptors (Lipinski definition) is 3. The largest absolute Gasteiger partial charge is 0.486 e. The van der Waals surface area contributed by atoms with Crippen LogP contribution in [0.2, 0.25) is 5.02 Å². The fourth-order valence-electron chi connectivity index (χ4n) is 1.61. The van der Waals surface area contributed by atoms with E-state index < -0.39 is 0 Å². The van der Waals surface area contributed by atoms with Crippen molar-refractivity contribution in [3.63, 3.8) is 0 Å². The lowest BCUT2D eigenvalue weighted by Crippen LogP contribution is -2.04. The van der Waals surface area contributed by atoms with Crippen LogP contribution >= 0.6 is 11.6 Å². The van der Waals surface area contributed by atoms with Crippen molar-refractivity contribution in [1.29, 1.82) is 5.26 Å². The van der Waals surface area contributed by atoms with Gasteiger partial charge < -0.3 is 9.30 Å². The number of imidazole rings is 1. The molecule has 0 aliphatic heterocycles. The number of halogens is 1. The summed E-state index contributed by atoms with van der Waals surface area (Å²) in [5.74, 6) is 0.494. The highest BCUT2D eigenvalue weighted by molar-refractivity contribution is 6.30. The van der Waals surface area contributed by atoms with Gasteiger partial charge in [0, 0.05) is 17.6 Å². The number of ether oxygens (including phenoxy) is 1. The number of aryl methyl sites for hydroxylation is 1. The van der Waals surface area contributed by atoms with Crippen LogP contribution in [0.1, 0.15) is 18.2 Å². The Kier molecular flexibility index (Phi) is 3.85. The van der Waals surface area contributed by atoms with E-state index in [0.29, 0.717) is 22.9 Å². The van der Waals surface area contributed by atoms with Gasteiger partial charge in [0.1, 0.15) is 18.4 Å². The van der Waals surface area contributed by atoms with Crippen molar-refractivity contribution in [2.45, 2.75) is 20.1 Å². The van der Waals surface area contributed by atoms with Crippen LogP contribution in [0.4, 0.5) is 0 Å². The van der Waals surface area contributed by atoms with E-state index in [-0.39, 0.29) is 0 Å². The van der Waals surface area contributed by atoms with Crippen molar-refractivity contribution in [3.05, 3.63) is 47.0 Å². The van der Waals surface area contributed by atoms with Gasteiger partial charge in [0.15, 0.2) is 0 Å². The average Bonchev–Trinajstić information content (AvgIpc) is 2.84. The van der Waals surface area contributed by atoms with Crippen LogP contribution in [0, 0.1) is 11.3 Å². The summed E-state index contributed by atoms with van der Waals surface area (Å²) in [6.07, 6.45) is 3.50. The fourth-order valence-corrected chi connectivity index (χ4v) is 1.77. The van der Waals surface area contributed by atoms with E-state index in [9.17, 15) is 0 Å². The fraction of sp³-hybridized carbons (Fsp3) is 0.231. The zero-order valence-electron chi connectivity index (χ0n) is 9.93. The minimum Gasteiger partial charge on any atom is -0.486 e. The summed E-state index contributed by atoms with van der Waals surface area (Å²) in [5, 5.41) is 9.53. The number of aromatic nitrogens is 2. The van der Waals surface area contributed by atoms with Crippen molar-refractivity contribution >= 4 is 11.6 Å². The Morgan fingerprint density at radius 1 is 1.50 bits per heavy atom. The smallest absolute Gasteiger partial charge is 0.139 e. The zero-order chi connectivity index (χ0) is 13.0. The van der Waals surface area contributed by atoms with Crippen LogP contribution in [0.5, 0.6) is 5.75 Å². The van der Waals surface area contributed by atoms with Crippen molar-refractivity contribution in [2.75, 3.05) is 0 Å². The van der Waals surface area contributed by atoms with Crippen LogP contribution in [0.15, 0.2) is 30.7 Å². The molecule has 92 valence electrons. The van der Waals surface area contributed by atoms with Crippen molar-refractivity contribution in [1.82, 2.24) is 9.55 Å². The standard InChI is InChI=1S/C13H12ClN3O/c1-2-17-9-16-7-12(17)8-18-13-5-11(14)4-3-10(13)6-15/h3-5,7,9H,2,8H2,1H3. The molecule has 0 bridgehead atoms. The molecule has 18 heavy (non-hydrogen) atoms. The molecule has 0 aliphatic carbocycles. The van der Waals surface area contributed by atoms with Crippen LogP contribution in [-0.4, -0.2) is 9.55 Å². The molecule has 0 fully saturated rings. The third-order valence-corrected chi connectivity index (χ3v) is 2.81. The van der Waals surface area contributed by atoms with Crippen LogP contribution in [0.25, 0.3) is 0 Å². The van der Waals surface area contributed by atoms with E-state index in [2.05, 4.69) is 11.1 Å². The number of nitriles is 1. The maximum absolute atomic E-state index is 8.98. The molecular weight excluding hydrogens is 250 g/mol. The molecule has 1 aromatic carbocycles. The third-order valence-electron chi connectivity index (χ3n) is 2.58. The van der Waals surface area contributed by atoms with Crippen molar-refractivity contribution < 1.29 is 4.74 Å². The zero-order valence-corrected chi connectivity index (χ0v) is 10.7. The number of nitrogens with zero attached hydrogens (tertiary/aromatic N) is 3. The molecule has 0 amide bonds. The van der Waals surface area contributed by atoms with Gasteiger partial charge in [-0.15, -0.1) is 0 Å². The molecule has 0 saturated carbocycles. The van der Waals surface area contributed by atoms with E-state index >= 15 is 0 Å². The monoisotopic (exact) mass is 261 g/mol. The molecule has 0 saturated heterocycles. The van der Waals surface area contributed by atoms with Gasteiger partial charge in [0.05, 0.1) is 23.8 Å². The normalized spacial score (nSPS) is 10.1. The van der Waals surface area contributed by atoms with Crippen molar-refractivity contribution in [3.8, 4) is 11.8 Å². The first kappa shape index (κ1) is 12.5. The molecule has 1 aromatic heterocycles. The molecule has 1 heterocycles. The van der Waals surface area contributed by atoms with Gasteiger partial charge in [-0.1, -0.05) is 11.6 Å². The van der Waals surface area contributed by atoms with E-state index in [0.717, 1.165) is 12.2 Å². The molecule has 0 atom stereocenters. The van der Waals surface area contributed by atoms with Crippen LogP contribution < -0.4 is 4.74 Å². The Morgan fingerprint density at radius 2 is 2.33 bits per heavy atom. The lowest BCUT2D eigenvalue weighted by Gasteiger charge is -2.09. The van der Waals surface area contributed by atoms with E-state index in [1.54, 1.807) is 30.7 Å². The Labute approximate surface area is 110 Å². The molecule has 0 N–H and O–H groups in total. The first-order valence-electron chi connectivity index (χ1n) is 5.56. The second-order valence-electron chi connectivity index (χ2n) is 3.71. The molecule has 2 rings (SSSR count). The molecule has 5 heteroatoms. The molecule has 2 aromatic rings. The topological polar surface area (TPSA) is 50.8 Å². The summed E-state index contributed by atoms with van der Waals surface area (Å²) in [7, 11) is 0. The highest BCUT2D eigenvalue weighted by atomic mass is 35.5. The maximum Gasteiger partial charge on any atom is 0.139 e. The number of hydrogen-bond donors (Lipinski definition) is 0. The quantitative estimate of drug-likeness (QED) is 0.850. The Balaban J connectivity index is 2.15. The Bertz CT molecular complexity index is 586. The summed E-state index contributed by atoms with van der Waals surface area (Å²) in [4.78, 5) is 4.06. The highest BCUT2D eigenvalue weighted by Gasteiger charge is 2.06. The summed E-state index contributed by atoms with van der Waals surface area (Å²) < 4.78 is 7.61. The van der Waals surface area contributed by atoms with Gasteiger partial charge in [-0.25, -0.2) is 4.98 Å². The molecular formula is C13H12ClN3O. The maximum atomic E-state index is 8.98. The van der Waals surface area contributed by atoms with E-state index in [4.69, 9.17) is 21.6 Å². The number of benzene rings is 1. The van der Waals surface area contributed by atoms with Gasteiger partial charge >= 0.3 is 0 Å². The SMILES string of the molecule is CCn1cncc1COc1cc(Cl)ccc1C#N. The lowest BCUT2D eigenvalue weighted by atomic mass is 10.2. The van der Waals surface area contributed by atoms with Crippen LogP contribution in [0.3, 0.4) is 0 Å². The minimum absolute atomic E-state index is 0.364. The van der Waals surface area contributed by atoms with Gasteiger partial charge in [0.25, 0.3) is 0 Å². The Morgan fingerprint density at radius 3 is 3.06 bits per heavy atom. The van der Waals surface area contributed by atoms with E-state index in [1.165, 1.54) is 0 Å². The van der Waals surface area contributed by atoms with Gasteiger partial charge in [-0.2, -0.15) is 5.26 Å². The first-order chi connectivity index (χ1) is 8.74. The summed E-state index contributed by atoms with van der Waals surface area (Å²) in [6.45, 7) is 3.23. The molecule has 0 aliphatic rings. The van der Waals surface area contributed by atoms with Crippen molar-refractivity contribution in [2.24, 2.45) is 0 Å². The molecule has 0 spiro atoms. The van der Waals surface area contributed by atoms with E-state index in [1.807, 2.05) is 11.5 Å². The average molecular weight is 262 g/mol. The van der Waals surface area contributed by atoms with Gasteiger partial charge in [0.2, 0.25) is 0 Å². The van der Waals surface area contributed by atoms with Gasteiger partial charge in [-0.05, 0) is 19.1 Å². The van der Waals surface area contributed by atoms with Crippen LogP contribution in [-0.2, 0) is 13.2 Å². The second-order valence-corrected chi connectivity index (χ2v) is 4.15. The Hall–Kier alpha value is -1.99. The third kappa shape index (κ3) is 2.63. The molecule has 0 radical (unpaired) electrons. The second kappa shape index (κ2) is 5.56. The summed E-state index contributed by atoms with van der Waals surface area (Å²) in [5.41, 5.74) is 1.43. The molecule has 0 unspecified atom stereocenters.